The number of allylic oxidation sites excluding steroid dienone is 5. The monoisotopic (exact) mass is 1110 g/mol. The molecule has 9 aliphatic heterocycles. The number of piperidine rings is 2. The first-order valence-corrected chi connectivity index (χ1v) is 35.0. The number of fused-ring (bicyclic) bond motifs is 4. The zero-order chi connectivity index (χ0) is 54.5. The minimum absolute atomic E-state index is 0.0776. The lowest BCUT2D eigenvalue weighted by molar-refractivity contribution is -0.282. The molecule has 19 atom stereocenters. The van der Waals surface area contributed by atoms with E-state index in [2.05, 4.69) is 59.2 Å². The number of carbonyl (C=O) groups is 2. The number of benzene rings is 1. The van der Waals surface area contributed by atoms with Gasteiger partial charge in [-0.2, -0.15) is 0 Å². The van der Waals surface area contributed by atoms with Crippen LogP contribution in [-0.2, 0) is 26.3 Å². The molecule has 82 heavy (non-hydrogen) atoms. The molecule has 8 heteroatoms. The van der Waals surface area contributed by atoms with Crippen molar-refractivity contribution in [1.82, 2.24) is 9.80 Å². The third-order valence-corrected chi connectivity index (χ3v) is 30.8. The van der Waals surface area contributed by atoms with Gasteiger partial charge < -0.3 is 25.2 Å². The first kappa shape index (κ1) is 50.5. The number of nitrogens with zero attached hydrogens (tertiary/aromatic N) is 2. The Labute approximate surface area is 489 Å². The zero-order valence-electron chi connectivity index (χ0n) is 49.8. The maximum Gasteiger partial charge on any atom is 0.339 e. The van der Waals surface area contributed by atoms with Crippen LogP contribution >= 0.6 is 0 Å². The number of ether oxygens (including phenoxy) is 2. The molecule has 1 aromatic rings. The molecule has 3 saturated heterocycles. The molecule has 22 rings (SSSR count). The number of carbonyl (C=O) groups excluding carboxylic acids is 2. The van der Waals surface area contributed by atoms with Crippen LogP contribution in [0.1, 0.15) is 221 Å². The molecule has 9 heterocycles. The standard InChI is InChI=1S/C74H95N3O5/c1-44-33-49-18-19-56-51-34-45-39-76(41-51)59(68-30-20-52-14-8-27-70(52)28-10-29-71(70,43-68)69(42-68)25-4-5-26-69)37-57(78)64-72-31-21-53-61(63(49)77(56)40-45)54(44)35-48-17-16-47(50-12-7-24-67(38-50)22-2-3-23-67)36-58(73(72,62(48)53)66(80)81-64)74(72)55-15-6-11-46(13-9-32-75)60(55)65(79)82-74/h6,11,15-17,20,30,44-45,47-48,50-52,54,56,58-59,61,78H,2-5,7-10,12-14,18-19,21-29,31-43,75H2,1H3. The van der Waals surface area contributed by atoms with Crippen molar-refractivity contribution in [2.45, 2.75) is 224 Å². The van der Waals surface area contributed by atoms with E-state index in [-0.39, 0.29) is 47.1 Å². The van der Waals surface area contributed by atoms with Crippen molar-refractivity contribution in [1.29, 1.82) is 0 Å². The van der Waals surface area contributed by atoms with Gasteiger partial charge >= 0.3 is 11.9 Å². The van der Waals surface area contributed by atoms with Gasteiger partial charge in [0.15, 0.2) is 11.4 Å². The highest BCUT2D eigenvalue weighted by Gasteiger charge is 2.94. The van der Waals surface area contributed by atoms with E-state index >= 15 is 9.59 Å². The fourth-order valence-corrected chi connectivity index (χ4v) is 28.8. The van der Waals surface area contributed by atoms with E-state index < -0.39 is 16.4 Å². The quantitative estimate of drug-likeness (QED) is 0.222. The van der Waals surface area contributed by atoms with Gasteiger partial charge in [0.2, 0.25) is 0 Å². The Hall–Kier alpha value is -3.62. The van der Waals surface area contributed by atoms with Crippen LogP contribution in [0, 0.1) is 97.1 Å². The second kappa shape index (κ2) is 16.9. The van der Waals surface area contributed by atoms with Crippen LogP contribution < -0.4 is 5.73 Å². The maximum absolute atomic E-state index is 17.1. The highest BCUT2D eigenvalue weighted by atomic mass is 16.6. The van der Waals surface area contributed by atoms with Crippen molar-refractivity contribution in [3.05, 3.63) is 93.1 Å². The number of hydrogen-bond donors (Lipinski definition) is 2. The lowest BCUT2D eigenvalue weighted by atomic mass is 9.27. The third kappa shape index (κ3) is 5.76. The molecule has 1 aromatic carbocycles. The van der Waals surface area contributed by atoms with E-state index in [1.54, 1.807) is 16.8 Å². The SMILES string of the molecule is CC1CC2=C3C4C5=C6C(C=CC(C7CCCC8(CCCC8)C7)CC7C68C(=O)OC(=C(O)CC(C69C=CC%10CCCC%10%11CCCC%11(C6)C6(CCCC6)C9)N6CC9CC(C6)C(CC2)N3C9)C8(CC5)C72OC(=O)c3c(CCCN)cccc32)CC14. The molecule has 12 aliphatic carbocycles. The fraction of sp³-hybridized carbons (Fsp3) is 0.757. The van der Waals surface area contributed by atoms with Crippen molar-refractivity contribution in [2.75, 3.05) is 26.2 Å². The maximum atomic E-state index is 17.1. The number of aliphatic hydroxyl groups excluding tert-OH is 1. The molecule has 3 N–H and O–H groups in total. The predicted octanol–water partition coefficient (Wildman–Crippen LogP) is 14.9. The van der Waals surface area contributed by atoms with Crippen molar-refractivity contribution < 1.29 is 24.2 Å². The summed E-state index contributed by atoms with van der Waals surface area (Å²) in [6.45, 7) is 6.46. The summed E-state index contributed by atoms with van der Waals surface area (Å²) in [6, 6.07) is 7.18. The molecule has 14 bridgehead atoms. The van der Waals surface area contributed by atoms with E-state index in [0.29, 0.717) is 106 Å². The number of esters is 2. The first-order valence-electron chi connectivity index (χ1n) is 35.0. The predicted molar refractivity (Wildman–Crippen MR) is 316 cm³/mol. The van der Waals surface area contributed by atoms with E-state index in [1.165, 1.54) is 160 Å². The highest BCUT2D eigenvalue weighted by Crippen LogP contribution is 2.89. The van der Waals surface area contributed by atoms with Gasteiger partial charge in [0.25, 0.3) is 0 Å². The number of hydrogen-bond acceptors (Lipinski definition) is 8. The Morgan fingerprint density at radius 1 is 0.805 bits per heavy atom. The molecule has 0 aromatic heterocycles. The van der Waals surface area contributed by atoms with Gasteiger partial charge in [0.05, 0.1) is 11.0 Å². The number of aliphatic hydroxyl groups is 1. The molecule has 10 fully saturated rings. The van der Waals surface area contributed by atoms with Gasteiger partial charge in [-0.1, -0.05) is 106 Å². The van der Waals surface area contributed by atoms with E-state index in [9.17, 15) is 5.11 Å². The normalized spacial score (nSPS) is 49.5. The van der Waals surface area contributed by atoms with E-state index in [4.69, 9.17) is 15.2 Å². The Bertz CT molecular complexity index is 3150. The largest absolute Gasteiger partial charge is 0.509 e. The van der Waals surface area contributed by atoms with Gasteiger partial charge in [-0.25, -0.2) is 4.79 Å². The van der Waals surface area contributed by atoms with Gasteiger partial charge in [-0.3, -0.25) is 9.69 Å². The molecule has 436 valence electrons. The Morgan fingerprint density at radius 2 is 1.65 bits per heavy atom. The van der Waals surface area contributed by atoms with Gasteiger partial charge in [-0.15, -0.1) is 0 Å². The summed E-state index contributed by atoms with van der Waals surface area (Å²) in [5.74, 6) is 4.19. The summed E-state index contributed by atoms with van der Waals surface area (Å²) in [5, 5.41) is 14.4. The summed E-state index contributed by atoms with van der Waals surface area (Å²) in [4.78, 5) is 38.8. The van der Waals surface area contributed by atoms with E-state index in [1.807, 2.05) is 0 Å². The summed E-state index contributed by atoms with van der Waals surface area (Å²) in [5.41, 5.74) is 13.4. The Kier molecular flexibility index (Phi) is 10.4. The lowest BCUT2D eigenvalue weighted by Crippen LogP contribution is -2.78. The molecule has 0 amide bonds. The van der Waals surface area contributed by atoms with Crippen molar-refractivity contribution >= 4 is 11.9 Å². The first-order chi connectivity index (χ1) is 40.0. The molecule has 7 spiro atoms. The summed E-state index contributed by atoms with van der Waals surface area (Å²) in [6.07, 6.45) is 48.1. The molecular weight excluding hydrogens is 1010 g/mol. The Balaban J connectivity index is 0.871. The summed E-state index contributed by atoms with van der Waals surface area (Å²) < 4.78 is 15.2. The van der Waals surface area contributed by atoms with E-state index in [0.717, 1.165) is 56.4 Å². The van der Waals surface area contributed by atoms with Crippen LogP contribution in [0.3, 0.4) is 0 Å². The molecule has 8 nitrogen and oxygen atoms in total. The van der Waals surface area contributed by atoms with Crippen LogP contribution in [0.2, 0.25) is 0 Å². The van der Waals surface area contributed by atoms with Crippen LogP contribution in [0.4, 0.5) is 0 Å². The highest BCUT2D eigenvalue weighted by molar-refractivity contribution is 6.00. The second-order valence-electron chi connectivity index (χ2n) is 33.0. The molecular formula is C74H95N3O5. The number of aryl methyl sites for hydroxylation is 1. The molecule has 0 radical (unpaired) electrons. The second-order valence-corrected chi connectivity index (χ2v) is 33.0. The zero-order valence-corrected chi connectivity index (χ0v) is 49.8. The molecule has 19 unspecified atom stereocenters. The molecule has 21 aliphatic rings. The summed E-state index contributed by atoms with van der Waals surface area (Å²) >= 11 is 0. The average Bonchev–Trinajstić information content (AvgIpc) is 1.32. The number of nitrogens with two attached hydrogens (primary N) is 1. The van der Waals surface area contributed by atoms with Crippen LogP contribution in [0.25, 0.3) is 0 Å². The minimum atomic E-state index is -1.17. The number of rotatable bonds is 5. The van der Waals surface area contributed by atoms with Crippen molar-refractivity contribution in [2.24, 2.45) is 103 Å². The lowest BCUT2D eigenvalue weighted by Gasteiger charge is -2.73. The van der Waals surface area contributed by atoms with Crippen LogP contribution in [0.5, 0.6) is 0 Å². The Morgan fingerprint density at radius 3 is 2.52 bits per heavy atom. The minimum Gasteiger partial charge on any atom is -0.509 e. The fourth-order valence-electron chi connectivity index (χ4n) is 28.8. The van der Waals surface area contributed by atoms with Gasteiger partial charge in [0, 0.05) is 66.7 Å². The van der Waals surface area contributed by atoms with Crippen molar-refractivity contribution in [3.63, 3.8) is 0 Å². The molecule has 7 saturated carbocycles. The summed E-state index contributed by atoms with van der Waals surface area (Å²) in [7, 11) is 0. The smallest absolute Gasteiger partial charge is 0.339 e. The third-order valence-electron chi connectivity index (χ3n) is 30.8. The van der Waals surface area contributed by atoms with Crippen LogP contribution in [0.15, 0.2) is 76.4 Å². The van der Waals surface area contributed by atoms with Gasteiger partial charge in [-0.05, 0) is 234 Å². The topological polar surface area (TPSA) is 105 Å². The van der Waals surface area contributed by atoms with Crippen molar-refractivity contribution in [3.8, 4) is 0 Å². The van der Waals surface area contributed by atoms with Crippen LogP contribution in [-0.4, -0.2) is 65.1 Å². The average molecular weight is 1110 g/mol. The van der Waals surface area contributed by atoms with Gasteiger partial charge in [0.1, 0.15) is 11.2 Å².